The maximum absolute atomic E-state index is 13.9. The van der Waals surface area contributed by atoms with Crippen molar-refractivity contribution in [1.82, 2.24) is 9.21 Å². The number of hydrogen-bond acceptors (Lipinski definition) is 4. The molecule has 1 aliphatic rings. The van der Waals surface area contributed by atoms with E-state index in [1.165, 1.54) is 5.56 Å². The summed E-state index contributed by atoms with van der Waals surface area (Å²) in [5.74, 6) is -2.33. The fourth-order valence-electron chi connectivity index (χ4n) is 3.52. The van der Waals surface area contributed by atoms with Gasteiger partial charge in [0.15, 0.2) is 0 Å². The molecule has 1 saturated heterocycles. The summed E-state index contributed by atoms with van der Waals surface area (Å²) in [7, 11) is -0.129. The summed E-state index contributed by atoms with van der Waals surface area (Å²) in [6.07, 6.45) is 1.53. The second-order valence-electron chi connectivity index (χ2n) is 7.99. The number of carbonyl (C=O) groups is 1. The minimum Gasteiger partial charge on any atom is -0.326 e. The van der Waals surface area contributed by atoms with Crippen molar-refractivity contribution >= 4 is 21.6 Å². The van der Waals surface area contributed by atoms with E-state index in [0.717, 1.165) is 29.4 Å². The lowest BCUT2D eigenvalue weighted by Gasteiger charge is -2.30. The molecule has 0 atom stereocenters. The highest BCUT2D eigenvalue weighted by atomic mass is 32.2. The van der Waals surface area contributed by atoms with Gasteiger partial charge in [-0.3, -0.25) is 4.79 Å². The fourth-order valence-corrected chi connectivity index (χ4v) is 5.07. The van der Waals surface area contributed by atoms with Gasteiger partial charge in [0.05, 0.1) is 0 Å². The Morgan fingerprint density at radius 3 is 2.35 bits per heavy atom. The third-order valence-corrected chi connectivity index (χ3v) is 7.32. The maximum atomic E-state index is 13.9. The van der Waals surface area contributed by atoms with E-state index in [-0.39, 0.29) is 24.9 Å². The van der Waals surface area contributed by atoms with E-state index in [1.807, 2.05) is 38.4 Å². The topological polar surface area (TPSA) is 69.7 Å². The first-order valence-corrected chi connectivity index (χ1v) is 11.6. The number of anilines is 1. The molecule has 0 aliphatic carbocycles. The second kappa shape index (κ2) is 9.84. The lowest BCUT2D eigenvalue weighted by molar-refractivity contribution is -0.120. The molecule has 3 rings (SSSR count). The van der Waals surface area contributed by atoms with Crippen molar-refractivity contribution in [2.45, 2.75) is 24.2 Å². The first-order valence-electron chi connectivity index (χ1n) is 10.2. The van der Waals surface area contributed by atoms with E-state index in [9.17, 15) is 22.0 Å². The summed E-state index contributed by atoms with van der Waals surface area (Å²) < 4.78 is 53.8. The van der Waals surface area contributed by atoms with Crippen molar-refractivity contribution in [1.29, 1.82) is 0 Å². The summed E-state index contributed by atoms with van der Waals surface area (Å²) in [5, 5.41) is 2.88. The van der Waals surface area contributed by atoms with Gasteiger partial charge in [-0.1, -0.05) is 12.1 Å². The third kappa shape index (κ3) is 5.87. The Bertz CT molecular complexity index is 1020. The SMILES string of the molecule is CN(C)CCc1ccc(NC(=O)C2CCN(S(=O)(=O)c3cc(F)ccc3F)CC2)cc1. The Morgan fingerprint density at radius 2 is 1.74 bits per heavy atom. The average Bonchev–Trinajstić information content (AvgIpc) is 2.75. The molecule has 0 bridgehead atoms. The molecule has 0 aromatic heterocycles. The number of halogens is 2. The van der Waals surface area contributed by atoms with E-state index in [1.54, 1.807) is 0 Å². The number of piperidine rings is 1. The molecule has 0 unspecified atom stereocenters. The number of hydrogen-bond donors (Lipinski definition) is 1. The van der Waals surface area contributed by atoms with Crippen LogP contribution in [0.5, 0.6) is 0 Å². The second-order valence-corrected chi connectivity index (χ2v) is 9.90. The summed E-state index contributed by atoms with van der Waals surface area (Å²) in [4.78, 5) is 14.0. The van der Waals surface area contributed by atoms with Crippen LogP contribution in [0.15, 0.2) is 47.4 Å². The fraction of sp³-hybridized carbons (Fsp3) is 0.409. The standard InChI is InChI=1S/C22H27F2N3O3S/c1-26(2)12-9-16-3-6-19(7-4-16)25-22(28)17-10-13-27(14-11-17)31(29,30)21-15-18(23)5-8-20(21)24/h3-8,15,17H,9-14H2,1-2H3,(H,25,28). The molecule has 0 spiro atoms. The van der Waals surface area contributed by atoms with Gasteiger partial charge in [-0.25, -0.2) is 17.2 Å². The van der Waals surface area contributed by atoms with Gasteiger partial charge in [0.25, 0.3) is 0 Å². The van der Waals surface area contributed by atoms with Crippen LogP contribution in [0.2, 0.25) is 0 Å². The smallest absolute Gasteiger partial charge is 0.246 e. The Morgan fingerprint density at radius 1 is 1.10 bits per heavy atom. The van der Waals surface area contributed by atoms with Crippen molar-refractivity contribution < 1.29 is 22.0 Å². The van der Waals surface area contributed by atoms with Crippen molar-refractivity contribution in [2.24, 2.45) is 5.92 Å². The molecule has 1 N–H and O–H groups in total. The molecule has 1 aliphatic heterocycles. The normalized spacial score (nSPS) is 15.9. The Hall–Kier alpha value is -2.36. The van der Waals surface area contributed by atoms with Crippen LogP contribution in [0, 0.1) is 17.6 Å². The zero-order valence-electron chi connectivity index (χ0n) is 17.6. The highest BCUT2D eigenvalue weighted by Gasteiger charge is 2.33. The largest absolute Gasteiger partial charge is 0.326 e. The molecule has 0 saturated carbocycles. The van der Waals surface area contributed by atoms with Crippen LogP contribution < -0.4 is 5.32 Å². The number of rotatable bonds is 7. The number of carbonyl (C=O) groups excluding carboxylic acids is 1. The van der Waals surface area contributed by atoms with Gasteiger partial charge in [0, 0.05) is 31.2 Å². The Balaban J connectivity index is 1.56. The predicted molar refractivity (Wildman–Crippen MR) is 115 cm³/mol. The van der Waals surface area contributed by atoms with Crippen molar-refractivity contribution in [3.05, 3.63) is 59.7 Å². The minimum absolute atomic E-state index is 0.0693. The number of benzene rings is 2. The van der Waals surface area contributed by atoms with E-state index >= 15 is 0 Å². The molecule has 1 amide bonds. The van der Waals surface area contributed by atoms with Gasteiger partial charge >= 0.3 is 0 Å². The summed E-state index contributed by atoms with van der Waals surface area (Å²) in [5.41, 5.74) is 1.87. The lowest BCUT2D eigenvalue weighted by atomic mass is 9.97. The highest BCUT2D eigenvalue weighted by molar-refractivity contribution is 7.89. The molecule has 0 radical (unpaired) electrons. The van der Waals surface area contributed by atoms with Gasteiger partial charge in [-0.15, -0.1) is 0 Å². The molecular weight excluding hydrogens is 424 g/mol. The first-order chi connectivity index (χ1) is 14.7. The highest BCUT2D eigenvalue weighted by Crippen LogP contribution is 2.26. The van der Waals surface area contributed by atoms with Gasteiger partial charge < -0.3 is 10.2 Å². The van der Waals surface area contributed by atoms with Crippen LogP contribution in [0.3, 0.4) is 0 Å². The zero-order chi connectivity index (χ0) is 22.6. The average molecular weight is 452 g/mol. The van der Waals surface area contributed by atoms with E-state index in [2.05, 4.69) is 10.2 Å². The van der Waals surface area contributed by atoms with Crippen LogP contribution in [0.4, 0.5) is 14.5 Å². The number of likely N-dealkylation sites (N-methyl/N-ethyl adjacent to an activating group) is 1. The molecule has 1 fully saturated rings. The molecule has 2 aromatic rings. The number of sulfonamides is 1. The molecule has 2 aromatic carbocycles. The van der Waals surface area contributed by atoms with E-state index in [0.29, 0.717) is 24.6 Å². The summed E-state index contributed by atoms with van der Waals surface area (Å²) in [6.45, 7) is 1.08. The zero-order valence-corrected chi connectivity index (χ0v) is 18.5. The lowest BCUT2D eigenvalue weighted by Crippen LogP contribution is -2.41. The quantitative estimate of drug-likeness (QED) is 0.702. The summed E-state index contributed by atoms with van der Waals surface area (Å²) in [6, 6.07) is 10.0. The first kappa shape index (κ1) is 23.3. The van der Waals surface area contributed by atoms with E-state index < -0.39 is 26.6 Å². The minimum atomic E-state index is -4.16. The molecule has 168 valence electrons. The maximum Gasteiger partial charge on any atom is 0.246 e. The van der Waals surface area contributed by atoms with Crippen molar-refractivity contribution in [3.8, 4) is 0 Å². The Labute approximate surface area is 181 Å². The Kier molecular flexibility index (Phi) is 7.40. The van der Waals surface area contributed by atoms with Crippen LogP contribution in [0.1, 0.15) is 18.4 Å². The van der Waals surface area contributed by atoms with Gasteiger partial charge in [0.1, 0.15) is 16.5 Å². The van der Waals surface area contributed by atoms with Crippen molar-refractivity contribution in [2.75, 3.05) is 39.0 Å². The molecule has 9 heteroatoms. The monoisotopic (exact) mass is 451 g/mol. The van der Waals surface area contributed by atoms with Gasteiger partial charge in [-0.2, -0.15) is 4.31 Å². The van der Waals surface area contributed by atoms with Gasteiger partial charge in [0.2, 0.25) is 15.9 Å². The van der Waals surface area contributed by atoms with E-state index in [4.69, 9.17) is 0 Å². The third-order valence-electron chi connectivity index (χ3n) is 5.40. The van der Waals surface area contributed by atoms with Crippen molar-refractivity contribution in [3.63, 3.8) is 0 Å². The molecule has 1 heterocycles. The molecular formula is C22H27F2N3O3S. The number of nitrogens with one attached hydrogen (secondary N) is 1. The number of amides is 1. The predicted octanol–water partition coefficient (Wildman–Crippen LogP) is 3.11. The van der Waals surface area contributed by atoms with Crippen LogP contribution in [-0.2, 0) is 21.2 Å². The van der Waals surface area contributed by atoms with Crippen LogP contribution in [0.25, 0.3) is 0 Å². The number of nitrogens with zero attached hydrogens (tertiary/aromatic N) is 2. The van der Waals surface area contributed by atoms with Crippen LogP contribution >= 0.6 is 0 Å². The summed E-state index contributed by atoms with van der Waals surface area (Å²) >= 11 is 0. The van der Waals surface area contributed by atoms with Crippen LogP contribution in [-0.4, -0.2) is 57.3 Å². The molecule has 6 nitrogen and oxygen atoms in total. The van der Waals surface area contributed by atoms with Gasteiger partial charge in [-0.05, 0) is 69.3 Å². The molecule has 31 heavy (non-hydrogen) atoms.